The molecule has 2 N–H and O–H groups in total. The predicted molar refractivity (Wildman–Crippen MR) is 116 cm³/mol. The summed E-state index contributed by atoms with van der Waals surface area (Å²) in [6.07, 6.45) is 0. The zero-order valence-corrected chi connectivity index (χ0v) is 16.3. The van der Waals surface area contributed by atoms with Crippen LogP contribution in [-0.4, -0.2) is 17.7 Å². The largest absolute Gasteiger partial charge is 0.463 e. The minimum atomic E-state index is -0.408. The molecule has 1 heterocycles. The molecule has 1 aliphatic rings. The van der Waals surface area contributed by atoms with Crippen molar-refractivity contribution in [1.29, 1.82) is 0 Å². The highest BCUT2D eigenvalue weighted by Crippen LogP contribution is 2.35. The van der Waals surface area contributed by atoms with Gasteiger partial charge in [-0.1, -0.05) is 72.8 Å². The summed E-state index contributed by atoms with van der Waals surface area (Å²) in [6.45, 7) is 2.11. The molecule has 0 bridgehead atoms. The van der Waals surface area contributed by atoms with Gasteiger partial charge in [0.15, 0.2) is 5.11 Å². The van der Waals surface area contributed by atoms with Crippen LogP contribution in [0.1, 0.15) is 24.1 Å². The van der Waals surface area contributed by atoms with Gasteiger partial charge in [-0.15, -0.1) is 0 Å². The molecule has 5 heteroatoms. The molecule has 4 nitrogen and oxygen atoms in total. The summed E-state index contributed by atoms with van der Waals surface area (Å²) in [7, 11) is 0. The standard InChI is InChI=1S/C23H20N2O2S/c1-2-27-22(26)19-20(16-10-4-3-5-11-16)24-23(28)25-21(19)18-14-8-12-15-9-6-7-13-17(15)18/h3-14,21H,2H2,1H3,(H2,24,25,28)/t21-/m0/s1. The van der Waals surface area contributed by atoms with Crippen LogP contribution in [0.5, 0.6) is 0 Å². The van der Waals surface area contributed by atoms with Crippen molar-refractivity contribution in [2.45, 2.75) is 13.0 Å². The third kappa shape index (κ3) is 3.37. The van der Waals surface area contributed by atoms with Crippen molar-refractivity contribution in [1.82, 2.24) is 10.6 Å². The second-order valence-corrected chi connectivity index (χ2v) is 6.88. The number of carbonyl (C=O) groups is 1. The van der Waals surface area contributed by atoms with Gasteiger partial charge in [-0.2, -0.15) is 0 Å². The van der Waals surface area contributed by atoms with Gasteiger partial charge in [-0.25, -0.2) is 4.79 Å². The van der Waals surface area contributed by atoms with Gasteiger partial charge in [0.25, 0.3) is 0 Å². The van der Waals surface area contributed by atoms with Crippen molar-refractivity contribution in [3.63, 3.8) is 0 Å². The van der Waals surface area contributed by atoms with Crippen molar-refractivity contribution in [2.75, 3.05) is 6.61 Å². The van der Waals surface area contributed by atoms with Gasteiger partial charge in [-0.3, -0.25) is 0 Å². The van der Waals surface area contributed by atoms with Gasteiger partial charge in [-0.05, 0) is 41.0 Å². The maximum atomic E-state index is 13.0. The molecule has 0 saturated heterocycles. The number of hydrogen-bond acceptors (Lipinski definition) is 3. The van der Waals surface area contributed by atoms with Gasteiger partial charge in [0, 0.05) is 0 Å². The first-order valence-electron chi connectivity index (χ1n) is 9.21. The Kier molecular flexibility index (Phi) is 5.08. The number of fused-ring (bicyclic) bond motifs is 1. The topological polar surface area (TPSA) is 50.4 Å². The van der Waals surface area contributed by atoms with E-state index in [0.29, 0.717) is 23.0 Å². The van der Waals surface area contributed by atoms with Gasteiger partial charge in [0.2, 0.25) is 0 Å². The molecule has 1 atom stereocenters. The fourth-order valence-corrected chi connectivity index (χ4v) is 3.78. The average molecular weight is 388 g/mol. The highest BCUT2D eigenvalue weighted by Gasteiger charge is 2.33. The van der Waals surface area contributed by atoms with E-state index in [2.05, 4.69) is 28.8 Å². The summed E-state index contributed by atoms with van der Waals surface area (Å²) in [4.78, 5) is 13.0. The number of ether oxygens (including phenoxy) is 1. The molecular formula is C23H20N2O2S. The Hall–Kier alpha value is -3.18. The summed E-state index contributed by atoms with van der Waals surface area (Å²) in [5, 5.41) is 9.10. The highest BCUT2D eigenvalue weighted by molar-refractivity contribution is 7.80. The Labute approximate surface area is 169 Å². The summed E-state index contributed by atoms with van der Waals surface area (Å²) in [5.41, 5.74) is 3.08. The van der Waals surface area contributed by atoms with Gasteiger partial charge in [0.1, 0.15) is 0 Å². The third-order valence-electron chi connectivity index (χ3n) is 4.76. The van der Waals surface area contributed by atoms with Crippen LogP contribution in [0, 0.1) is 0 Å². The van der Waals surface area contributed by atoms with Crippen LogP contribution in [0.25, 0.3) is 16.5 Å². The van der Waals surface area contributed by atoms with Crippen molar-refractivity contribution in [3.05, 3.63) is 89.5 Å². The van der Waals surface area contributed by atoms with E-state index in [-0.39, 0.29) is 5.97 Å². The van der Waals surface area contributed by atoms with E-state index in [1.807, 2.05) is 61.5 Å². The molecule has 0 saturated carbocycles. The zero-order valence-electron chi connectivity index (χ0n) is 15.4. The third-order valence-corrected chi connectivity index (χ3v) is 4.98. The number of benzene rings is 3. The second kappa shape index (κ2) is 7.82. The minimum absolute atomic E-state index is 0.303. The van der Waals surface area contributed by atoms with Crippen LogP contribution in [0.15, 0.2) is 78.4 Å². The first kappa shape index (κ1) is 18.2. The van der Waals surface area contributed by atoms with E-state index in [4.69, 9.17) is 17.0 Å². The second-order valence-electron chi connectivity index (χ2n) is 6.48. The Balaban J connectivity index is 1.96. The molecule has 3 aromatic carbocycles. The van der Waals surface area contributed by atoms with Crippen molar-refractivity contribution < 1.29 is 9.53 Å². The van der Waals surface area contributed by atoms with E-state index in [1.165, 1.54) is 0 Å². The van der Waals surface area contributed by atoms with E-state index in [1.54, 1.807) is 0 Å². The lowest BCUT2D eigenvalue weighted by molar-refractivity contribution is -0.138. The lowest BCUT2D eigenvalue weighted by Crippen LogP contribution is -2.45. The van der Waals surface area contributed by atoms with Crippen molar-refractivity contribution in [3.8, 4) is 0 Å². The minimum Gasteiger partial charge on any atom is -0.463 e. The van der Waals surface area contributed by atoms with Crippen LogP contribution in [0.4, 0.5) is 0 Å². The number of rotatable bonds is 4. The van der Waals surface area contributed by atoms with Gasteiger partial charge >= 0.3 is 5.97 Å². The Morgan fingerprint density at radius 2 is 1.71 bits per heavy atom. The number of carbonyl (C=O) groups excluding carboxylic acids is 1. The average Bonchev–Trinajstić information content (AvgIpc) is 2.73. The van der Waals surface area contributed by atoms with E-state index in [0.717, 1.165) is 21.9 Å². The molecule has 0 amide bonds. The molecule has 28 heavy (non-hydrogen) atoms. The molecular weight excluding hydrogens is 368 g/mol. The fourth-order valence-electron chi connectivity index (χ4n) is 3.56. The molecule has 0 radical (unpaired) electrons. The smallest absolute Gasteiger partial charge is 0.338 e. The predicted octanol–water partition coefficient (Wildman–Crippen LogP) is 4.33. The Morgan fingerprint density at radius 3 is 2.50 bits per heavy atom. The van der Waals surface area contributed by atoms with Crippen molar-refractivity contribution >= 4 is 39.8 Å². The molecule has 140 valence electrons. The lowest BCUT2D eigenvalue weighted by atomic mass is 9.90. The van der Waals surface area contributed by atoms with Crippen LogP contribution < -0.4 is 10.6 Å². The Bertz CT molecular complexity index is 1070. The lowest BCUT2D eigenvalue weighted by Gasteiger charge is -2.31. The molecule has 0 unspecified atom stereocenters. The molecule has 0 aliphatic carbocycles. The normalized spacial score (nSPS) is 16.5. The van der Waals surface area contributed by atoms with Crippen LogP contribution >= 0.6 is 12.2 Å². The SMILES string of the molecule is CCOC(=O)C1=C(c2ccccc2)NC(=S)N[C@H]1c1cccc2ccccc12. The molecule has 1 aliphatic heterocycles. The summed E-state index contributed by atoms with van der Waals surface area (Å²) >= 11 is 5.48. The summed E-state index contributed by atoms with van der Waals surface area (Å²) in [6, 6.07) is 23.5. The van der Waals surface area contributed by atoms with Crippen molar-refractivity contribution in [2.24, 2.45) is 0 Å². The number of hydrogen-bond donors (Lipinski definition) is 2. The fraction of sp³-hybridized carbons (Fsp3) is 0.130. The van der Waals surface area contributed by atoms with Crippen LogP contribution in [0.2, 0.25) is 0 Å². The van der Waals surface area contributed by atoms with E-state index in [9.17, 15) is 4.79 Å². The highest BCUT2D eigenvalue weighted by atomic mass is 32.1. The number of nitrogens with one attached hydrogen (secondary N) is 2. The molecule has 3 aromatic rings. The first-order chi connectivity index (χ1) is 13.7. The summed E-state index contributed by atoms with van der Waals surface area (Å²) < 4.78 is 5.41. The molecule has 0 spiro atoms. The van der Waals surface area contributed by atoms with Gasteiger partial charge in [0.05, 0.1) is 23.9 Å². The maximum absolute atomic E-state index is 13.0. The maximum Gasteiger partial charge on any atom is 0.338 e. The quantitative estimate of drug-likeness (QED) is 0.515. The summed E-state index contributed by atoms with van der Waals surface area (Å²) in [5.74, 6) is -0.359. The molecule has 0 fully saturated rings. The zero-order chi connectivity index (χ0) is 19.5. The van der Waals surface area contributed by atoms with E-state index < -0.39 is 6.04 Å². The van der Waals surface area contributed by atoms with Crippen LogP contribution in [0.3, 0.4) is 0 Å². The molecule has 4 rings (SSSR count). The Morgan fingerprint density at radius 1 is 1.00 bits per heavy atom. The van der Waals surface area contributed by atoms with Crippen LogP contribution in [-0.2, 0) is 9.53 Å². The number of esters is 1. The van der Waals surface area contributed by atoms with E-state index >= 15 is 0 Å². The molecule has 0 aromatic heterocycles. The number of thiocarbonyl (C=S) groups is 1. The van der Waals surface area contributed by atoms with Gasteiger partial charge < -0.3 is 15.4 Å². The first-order valence-corrected chi connectivity index (χ1v) is 9.61. The monoisotopic (exact) mass is 388 g/mol.